The second kappa shape index (κ2) is 5.70. The molecule has 1 aromatic heterocycles. The van der Waals surface area contributed by atoms with Crippen molar-refractivity contribution < 1.29 is 17.9 Å². The van der Waals surface area contributed by atoms with Crippen molar-refractivity contribution >= 4 is 5.82 Å². The van der Waals surface area contributed by atoms with Gasteiger partial charge in [0.2, 0.25) is 5.88 Å². The summed E-state index contributed by atoms with van der Waals surface area (Å²) in [6.45, 7) is 1.67. The predicted molar refractivity (Wildman–Crippen MR) is 57.1 cm³/mol. The van der Waals surface area contributed by atoms with Gasteiger partial charge in [0, 0.05) is 19.5 Å². The Hall–Kier alpha value is -1.53. The summed E-state index contributed by atoms with van der Waals surface area (Å²) in [5.41, 5.74) is 0. The van der Waals surface area contributed by atoms with E-state index in [2.05, 4.69) is 15.3 Å². The first kappa shape index (κ1) is 13.5. The first-order valence-electron chi connectivity index (χ1n) is 5.14. The van der Waals surface area contributed by atoms with Crippen LogP contribution >= 0.6 is 0 Å². The number of nitrogens with zero attached hydrogens (tertiary/aromatic N) is 2. The molecule has 96 valence electrons. The van der Waals surface area contributed by atoms with Gasteiger partial charge in [-0.2, -0.15) is 18.2 Å². The van der Waals surface area contributed by atoms with Crippen molar-refractivity contribution in [2.45, 2.75) is 25.9 Å². The second-order valence-corrected chi connectivity index (χ2v) is 3.46. The van der Waals surface area contributed by atoms with Crippen LogP contribution in [0.3, 0.4) is 0 Å². The number of halogens is 3. The Morgan fingerprint density at radius 1 is 1.35 bits per heavy atom. The summed E-state index contributed by atoms with van der Waals surface area (Å²) < 4.78 is 40.8. The van der Waals surface area contributed by atoms with Gasteiger partial charge >= 0.3 is 6.18 Å². The number of alkyl halides is 3. The summed E-state index contributed by atoms with van der Waals surface area (Å²) in [5, 5.41) is 2.81. The monoisotopic (exact) mass is 249 g/mol. The smallest absolute Gasteiger partial charge is 0.389 e. The van der Waals surface area contributed by atoms with Gasteiger partial charge in [-0.3, -0.25) is 0 Å². The standard InChI is InChI=1S/C10H14F3N3O/c1-7-15-8(14-2)6-9(16-7)17-5-3-4-10(11,12)13/h6H,3-5H2,1-2H3,(H,14,15,16). The van der Waals surface area contributed by atoms with E-state index in [1.807, 2.05) is 0 Å². The normalized spacial score (nSPS) is 11.4. The molecule has 0 spiro atoms. The van der Waals surface area contributed by atoms with Crippen LogP contribution in [0.15, 0.2) is 6.07 Å². The molecule has 7 heteroatoms. The molecule has 0 atom stereocenters. The predicted octanol–water partition coefficient (Wildman–Crippen LogP) is 2.55. The maximum Gasteiger partial charge on any atom is 0.389 e. The van der Waals surface area contributed by atoms with Gasteiger partial charge in [0.1, 0.15) is 11.6 Å². The van der Waals surface area contributed by atoms with Crippen LogP contribution in [-0.4, -0.2) is 29.8 Å². The molecule has 4 nitrogen and oxygen atoms in total. The third-order valence-electron chi connectivity index (χ3n) is 1.93. The van der Waals surface area contributed by atoms with Crippen molar-refractivity contribution in [3.05, 3.63) is 11.9 Å². The molecule has 0 amide bonds. The highest BCUT2D eigenvalue weighted by Crippen LogP contribution is 2.21. The fraction of sp³-hybridized carbons (Fsp3) is 0.600. The second-order valence-electron chi connectivity index (χ2n) is 3.46. The van der Waals surface area contributed by atoms with Crippen molar-refractivity contribution in [3.63, 3.8) is 0 Å². The van der Waals surface area contributed by atoms with Crippen LogP contribution in [0.4, 0.5) is 19.0 Å². The third kappa shape index (κ3) is 5.37. The molecule has 0 radical (unpaired) electrons. The molecule has 0 bridgehead atoms. The molecule has 1 rings (SSSR count). The van der Waals surface area contributed by atoms with Crippen LogP contribution in [0.5, 0.6) is 5.88 Å². The molecule has 1 heterocycles. The Bertz CT molecular complexity index is 368. The Kier molecular flexibility index (Phi) is 4.53. The Morgan fingerprint density at radius 2 is 2.06 bits per heavy atom. The average molecular weight is 249 g/mol. The van der Waals surface area contributed by atoms with E-state index in [0.717, 1.165) is 0 Å². The Labute approximate surface area is 97.2 Å². The molecule has 1 aromatic rings. The van der Waals surface area contributed by atoms with Crippen LogP contribution in [0.25, 0.3) is 0 Å². The van der Waals surface area contributed by atoms with Gasteiger partial charge in [-0.25, -0.2) is 4.98 Å². The summed E-state index contributed by atoms with van der Waals surface area (Å²) in [6, 6.07) is 1.54. The van der Waals surface area contributed by atoms with E-state index < -0.39 is 12.6 Å². The fourth-order valence-electron chi connectivity index (χ4n) is 1.19. The van der Waals surface area contributed by atoms with Crippen LogP contribution in [0.1, 0.15) is 18.7 Å². The van der Waals surface area contributed by atoms with Crippen LogP contribution < -0.4 is 10.1 Å². The SMILES string of the molecule is CNc1cc(OCCCC(F)(F)F)nc(C)n1. The highest BCUT2D eigenvalue weighted by Gasteiger charge is 2.26. The summed E-state index contributed by atoms with van der Waals surface area (Å²) in [5.74, 6) is 1.36. The number of aryl methyl sites for hydroxylation is 1. The quantitative estimate of drug-likeness (QED) is 0.815. The largest absolute Gasteiger partial charge is 0.478 e. The third-order valence-corrected chi connectivity index (χ3v) is 1.93. The topological polar surface area (TPSA) is 47.0 Å². The van der Waals surface area contributed by atoms with Gasteiger partial charge < -0.3 is 10.1 Å². The molecule has 0 saturated heterocycles. The molecule has 0 fully saturated rings. The van der Waals surface area contributed by atoms with E-state index in [9.17, 15) is 13.2 Å². The highest BCUT2D eigenvalue weighted by molar-refractivity contribution is 5.37. The molecule has 0 aromatic carbocycles. The lowest BCUT2D eigenvalue weighted by atomic mass is 10.3. The van der Waals surface area contributed by atoms with Gasteiger partial charge in [-0.05, 0) is 13.3 Å². The molecule has 0 aliphatic rings. The first-order chi connectivity index (χ1) is 7.90. The van der Waals surface area contributed by atoms with Crippen LogP contribution in [-0.2, 0) is 0 Å². The molecular weight excluding hydrogens is 235 g/mol. The van der Waals surface area contributed by atoms with Crippen molar-refractivity contribution in [2.24, 2.45) is 0 Å². The van der Waals surface area contributed by atoms with Crippen molar-refractivity contribution in [2.75, 3.05) is 19.0 Å². The molecular formula is C10H14F3N3O. The fourth-order valence-corrected chi connectivity index (χ4v) is 1.19. The van der Waals surface area contributed by atoms with Gasteiger partial charge in [0.05, 0.1) is 6.61 Å². The van der Waals surface area contributed by atoms with Crippen LogP contribution in [0.2, 0.25) is 0 Å². The van der Waals surface area contributed by atoms with E-state index in [1.165, 1.54) is 0 Å². The minimum absolute atomic E-state index is 0.0148. The first-order valence-corrected chi connectivity index (χ1v) is 5.14. The van der Waals surface area contributed by atoms with E-state index in [-0.39, 0.29) is 18.9 Å². The lowest BCUT2D eigenvalue weighted by Gasteiger charge is -2.09. The molecule has 17 heavy (non-hydrogen) atoms. The van der Waals surface area contributed by atoms with Crippen molar-refractivity contribution in [1.82, 2.24) is 9.97 Å². The zero-order valence-electron chi connectivity index (χ0n) is 9.64. The lowest BCUT2D eigenvalue weighted by molar-refractivity contribution is -0.136. The summed E-state index contributed by atoms with van der Waals surface area (Å²) in [7, 11) is 1.69. The average Bonchev–Trinajstić information content (AvgIpc) is 2.22. The van der Waals surface area contributed by atoms with Gasteiger partial charge in [0.25, 0.3) is 0 Å². The number of ether oxygens (including phenoxy) is 1. The molecule has 0 aliphatic carbocycles. The molecule has 0 saturated carbocycles. The molecule has 1 N–H and O–H groups in total. The number of hydrogen-bond donors (Lipinski definition) is 1. The number of rotatable bonds is 5. The van der Waals surface area contributed by atoms with E-state index in [4.69, 9.17) is 4.74 Å². The lowest BCUT2D eigenvalue weighted by Crippen LogP contribution is -2.10. The summed E-state index contributed by atoms with van der Waals surface area (Å²) in [4.78, 5) is 8.00. The minimum atomic E-state index is -4.14. The van der Waals surface area contributed by atoms with Crippen LogP contribution in [0, 0.1) is 6.92 Å². The van der Waals surface area contributed by atoms with Gasteiger partial charge in [-0.1, -0.05) is 0 Å². The zero-order chi connectivity index (χ0) is 12.9. The number of anilines is 1. The maximum absolute atomic E-state index is 11.9. The maximum atomic E-state index is 11.9. The number of nitrogens with one attached hydrogen (secondary N) is 1. The van der Waals surface area contributed by atoms with E-state index in [0.29, 0.717) is 11.6 Å². The van der Waals surface area contributed by atoms with E-state index >= 15 is 0 Å². The van der Waals surface area contributed by atoms with E-state index in [1.54, 1.807) is 20.0 Å². The Balaban J connectivity index is 2.44. The summed E-state index contributed by atoms with van der Waals surface area (Å²) >= 11 is 0. The highest BCUT2D eigenvalue weighted by atomic mass is 19.4. The van der Waals surface area contributed by atoms with Crippen molar-refractivity contribution in [3.8, 4) is 5.88 Å². The zero-order valence-corrected chi connectivity index (χ0v) is 9.64. The number of aromatic nitrogens is 2. The molecule has 0 aliphatic heterocycles. The molecule has 0 unspecified atom stereocenters. The van der Waals surface area contributed by atoms with Gasteiger partial charge in [-0.15, -0.1) is 0 Å². The Morgan fingerprint density at radius 3 is 2.65 bits per heavy atom. The summed E-state index contributed by atoms with van der Waals surface area (Å²) in [6.07, 6.45) is -5.07. The van der Waals surface area contributed by atoms with Gasteiger partial charge in [0.15, 0.2) is 0 Å². The van der Waals surface area contributed by atoms with Crippen molar-refractivity contribution in [1.29, 1.82) is 0 Å². The minimum Gasteiger partial charge on any atom is -0.478 e. The number of hydrogen-bond acceptors (Lipinski definition) is 4.